The molecule has 0 amide bonds. The first-order chi connectivity index (χ1) is 5.86. The quantitative estimate of drug-likeness (QED) is 0.646. The average molecular weight is 200 g/mol. The Bertz CT molecular complexity index is 174. The zero-order valence-corrected chi connectivity index (χ0v) is 6.84. The lowest BCUT2D eigenvalue weighted by Crippen LogP contribution is -2.53. The van der Waals surface area contributed by atoms with Gasteiger partial charge in [-0.1, -0.05) is 0 Å². The van der Waals surface area contributed by atoms with E-state index in [4.69, 9.17) is 9.84 Å². The zero-order chi connectivity index (χ0) is 10.1. The van der Waals surface area contributed by atoms with Crippen molar-refractivity contribution in [3.8, 4) is 0 Å². The summed E-state index contributed by atoms with van der Waals surface area (Å²) in [5, 5.41) is 18.3. The van der Waals surface area contributed by atoms with Crippen LogP contribution in [-0.2, 0) is 4.74 Å². The largest absolute Gasteiger partial charge is 0.417 e. The Kier molecular flexibility index (Phi) is 2.84. The molecular formula is C7H11F3O3. The number of aliphatic hydroxyl groups is 2. The number of rotatable bonds is 1. The van der Waals surface area contributed by atoms with Gasteiger partial charge in [0.05, 0.1) is 0 Å². The maximum atomic E-state index is 12.0. The zero-order valence-electron chi connectivity index (χ0n) is 6.84. The van der Waals surface area contributed by atoms with E-state index in [9.17, 15) is 18.3 Å². The van der Waals surface area contributed by atoms with Gasteiger partial charge in [0.1, 0.15) is 5.60 Å². The van der Waals surface area contributed by atoms with Gasteiger partial charge in [0, 0.05) is 26.1 Å². The molecule has 0 spiro atoms. The van der Waals surface area contributed by atoms with Crippen LogP contribution >= 0.6 is 0 Å². The molecule has 0 aromatic carbocycles. The summed E-state index contributed by atoms with van der Waals surface area (Å²) in [6.07, 6.45) is -7.82. The number of ether oxygens (including phenoxy) is 1. The first-order valence-electron chi connectivity index (χ1n) is 3.91. The molecular weight excluding hydrogens is 189 g/mol. The highest BCUT2D eigenvalue weighted by molar-refractivity contribution is 4.92. The van der Waals surface area contributed by atoms with Gasteiger partial charge in [0.2, 0.25) is 0 Å². The van der Waals surface area contributed by atoms with Crippen molar-refractivity contribution >= 4 is 0 Å². The van der Waals surface area contributed by atoms with Crippen LogP contribution in [0.1, 0.15) is 12.8 Å². The summed E-state index contributed by atoms with van der Waals surface area (Å²) >= 11 is 0. The van der Waals surface area contributed by atoms with Crippen LogP contribution in [0.5, 0.6) is 0 Å². The molecule has 0 saturated carbocycles. The Balaban J connectivity index is 2.67. The van der Waals surface area contributed by atoms with Crippen LogP contribution in [0.25, 0.3) is 0 Å². The maximum Gasteiger partial charge on any atom is 0.417 e. The number of hydrogen-bond acceptors (Lipinski definition) is 3. The van der Waals surface area contributed by atoms with E-state index < -0.39 is 17.9 Å². The van der Waals surface area contributed by atoms with E-state index in [1.807, 2.05) is 0 Å². The van der Waals surface area contributed by atoms with E-state index in [-0.39, 0.29) is 26.1 Å². The van der Waals surface area contributed by atoms with Crippen molar-refractivity contribution in [3.05, 3.63) is 0 Å². The van der Waals surface area contributed by atoms with Crippen LogP contribution in [0.2, 0.25) is 0 Å². The molecule has 2 N–H and O–H groups in total. The summed E-state index contributed by atoms with van der Waals surface area (Å²) in [6, 6.07) is 0. The van der Waals surface area contributed by atoms with Crippen LogP contribution in [0.15, 0.2) is 0 Å². The van der Waals surface area contributed by atoms with Gasteiger partial charge >= 0.3 is 6.18 Å². The highest BCUT2D eigenvalue weighted by Gasteiger charge is 2.52. The van der Waals surface area contributed by atoms with Crippen molar-refractivity contribution in [2.45, 2.75) is 30.7 Å². The minimum atomic E-state index is -4.77. The standard InChI is InChI=1S/C7H11F3O3/c8-7(9,10)5(11)6(12)1-3-13-4-2-6/h5,11-12H,1-4H2. The topological polar surface area (TPSA) is 49.7 Å². The molecule has 0 aliphatic carbocycles. The molecule has 1 aliphatic rings. The number of aliphatic hydroxyl groups excluding tert-OH is 1. The second kappa shape index (κ2) is 3.43. The summed E-state index contributed by atoms with van der Waals surface area (Å²) < 4.78 is 40.9. The fraction of sp³-hybridized carbons (Fsp3) is 1.00. The van der Waals surface area contributed by atoms with Gasteiger partial charge in [-0.25, -0.2) is 0 Å². The Morgan fingerprint density at radius 3 is 2.08 bits per heavy atom. The molecule has 78 valence electrons. The van der Waals surface area contributed by atoms with Gasteiger partial charge in [0.25, 0.3) is 0 Å². The molecule has 1 heterocycles. The van der Waals surface area contributed by atoms with Gasteiger partial charge in [-0.15, -0.1) is 0 Å². The van der Waals surface area contributed by atoms with Crippen LogP contribution < -0.4 is 0 Å². The smallest absolute Gasteiger partial charge is 0.387 e. The summed E-state index contributed by atoms with van der Waals surface area (Å²) in [6.45, 7) is 0.0906. The Morgan fingerprint density at radius 1 is 1.23 bits per heavy atom. The first kappa shape index (κ1) is 10.7. The van der Waals surface area contributed by atoms with Crippen LogP contribution in [0.3, 0.4) is 0 Å². The SMILES string of the molecule is OC(C(F)(F)F)C1(O)CCOCC1. The molecule has 1 fully saturated rings. The van der Waals surface area contributed by atoms with E-state index in [1.165, 1.54) is 0 Å². The van der Waals surface area contributed by atoms with Gasteiger partial charge in [-0.3, -0.25) is 0 Å². The molecule has 1 unspecified atom stereocenters. The van der Waals surface area contributed by atoms with Gasteiger partial charge in [-0.05, 0) is 0 Å². The van der Waals surface area contributed by atoms with E-state index in [0.717, 1.165) is 0 Å². The van der Waals surface area contributed by atoms with E-state index >= 15 is 0 Å². The van der Waals surface area contributed by atoms with Crippen LogP contribution in [0.4, 0.5) is 13.2 Å². The number of hydrogen-bond donors (Lipinski definition) is 2. The van der Waals surface area contributed by atoms with Crippen molar-refractivity contribution in [2.75, 3.05) is 13.2 Å². The third-order valence-electron chi connectivity index (χ3n) is 2.18. The molecule has 0 aromatic heterocycles. The Hall–Kier alpha value is -0.330. The lowest BCUT2D eigenvalue weighted by atomic mass is 9.88. The molecule has 0 aromatic rings. The molecule has 0 bridgehead atoms. The second-order valence-electron chi connectivity index (χ2n) is 3.16. The van der Waals surface area contributed by atoms with Gasteiger partial charge in [-0.2, -0.15) is 13.2 Å². The molecule has 6 heteroatoms. The van der Waals surface area contributed by atoms with Crippen molar-refractivity contribution in [1.82, 2.24) is 0 Å². The average Bonchev–Trinajstić information content (AvgIpc) is 2.03. The maximum absolute atomic E-state index is 12.0. The predicted molar refractivity (Wildman–Crippen MR) is 37.1 cm³/mol. The summed E-state index contributed by atoms with van der Waals surface area (Å²) in [5.41, 5.74) is -2.07. The minimum absolute atomic E-state index is 0.0453. The van der Waals surface area contributed by atoms with E-state index in [2.05, 4.69) is 0 Å². The van der Waals surface area contributed by atoms with Crippen molar-refractivity contribution < 1.29 is 28.1 Å². The molecule has 1 aliphatic heterocycles. The fourth-order valence-corrected chi connectivity index (χ4v) is 1.30. The van der Waals surface area contributed by atoms with Crippen molar-refractivity contribution in [3.63, 3.8) is 0 Å². The summed E-state index contributed by atoms with van der Waals surface area (Å²) in [7, 11) is 0. The van der Waals surface area contributed by atoms with Gasteiger partial charge in [0.15, 0.2) is 6.10 Å². The highest BCUT2D eigenvalue weighted by atomic mass is 19.4. The molecule has 1 atom stereocenters. The predicted octanol–water partition coefficient (Wildman–Crippen LogP) is 0.451. The lowest BCUT2D eigenvalue weighted by Gasteiger charge is -2.36. The summed E-state index contributed by atoms with van der Waals surface area (Å²) in [4.78, 5) is 0. The molecule has 1 rings (SSSR count). The molecule has 13 heavy (non-hydrogen) atoms. The highest BCUT2D eigenvalue weighted by Crippen LogP contribution is 2.34. The van der Waals surface area contributed by atoms with Crippen LogP contribution in [-0.4, -0.2) is 41.3 Å². The normalized spacial score (nSPS) is 25.6. The molecule has 1 saturated heterocycles. The van der Waals surface area contributed by atoms with Crippen molar-refractivity contribution in [2.24, 2.45) is 0 Å². The van der Waals surface area contributed by atoms with E-state index in [0.29, 0.717) is 0 Å². The van der Waals surface area contributed by atoms with E-state index in [1.54, 1.807) is 0 Å². The fourth-order valence-electron chi connectivity index (χ4n) is 1.30. The summed E-state index contributed by atoms with van der Waals surface area (Å²) in [5.74, 6) is 0. The third kappa shape index (κ3) is 2.32. The van der Waals surface area contributed by atoms with Crippen molar-refractivity contribution in [1.29, 1.82) is 0 Å². The Labute approximate surface area is 73.1 Å². The lowest BCUT2D eigenvalue weighted by molar-refractivity contribution is -0.268. The Morgan fingerprint density at radius 2 is 1.69 bits per heavy atom. The first-order valence-corrected chi connectivity index (χ1v) is 3.91. The molecule has 3 nitrogen and oxygen atoms in total. The minimum Gasteiger partial charge on any atom is -0.387 e. The third-order valence-corrected chi connectivity index (χ3v) is 2.18. The van der Waals surface area contributed by atoms with Gasteiger partial charge < -0.3 is 14.9 Å². The second-order valence-corrected chi connectivity index (χ2v) is 3.16. The molecule has 0 radical (unpaired) electrons. The monoisotopic (exact) mass is 200 g/mol. The number of halogens is 3. The number of alkyl halides is 3. The van der Waals surface area contributed by atoms with Crippen LogP contribution in [0, 0.1) is 0 Å².